The molecule has 0 aliphatic carbocycles. The van der Waals surface area contributed by atoms with Gasteiger partial charge < -0.3 is 4.74 Å². The first-order chi connectivity index (χ1) is 8.25. The molecule has 0 radical (unpaired) electrons. The zero-order valence-corrected chi connectivity index (χ0v) is 11.9. The summed E-state index contributed by atoms with van der Waals surface area (Å²) in [5.74, 6) is 0.615. The van der Waals surface area contributed by atoms with Gasteiger partial charge in [-0.25, -0.2) is 0 Å². The molecule has 0 aliphatic rings. The number of unbranched alkanes of at least 4 members (excludes halogenated alkanes) is 5. The molecular formula is C14H20Cl2O. The van der Waals surface area contributed by atoms with E-state index < -0.39 is 0 Å². The Morgan fingerprint density at radius 3 is 2.18 bits per heavy atom. The van der Waals surface area contributed by atoms with Gasteiger partial charge in [0.25, 0.3) is 0 Å². The Morgan fingerprint density at radius 2 is 1.53 bits per heavy atom. The summed E-state index contributed by atoms with van der Waals surface area (Å²) in [4.78, 5) is 0. The van der Waals surface area contributed by atoms with Crippen molar-refractivity contribution < 1.29 is 4.74 Å². The van der Waals surface area contributed by atoms with Gasteiger partial charge in [0.2, 0.25) is 0 Å². The molecule has 1 rings (SSSR count). The first-order valence-corrected chi connectivity index (χ1v) is 7.08. The largest absolute Gasteiger partial charge is 0.490 e. The van der Waals surface area contributed by atoms with Crippen molar-refractivity contribution in [2.45, 2.75) is 45.4 Å². The number of hydrogen-bond acceptors (Lipinski definition) is 1. The summed E-state index contributed by atoms with van der Waals surface area (Å²) in [6, 6.07) is 5.41. The SMILES string of the molecule is CCCCCCCCOc1c(Cl)cccc1Cl. The van der Waals surface area contributed by atoms with Crippen LogP contribution in [0.1, 0.15) is 45.4 Å². The molecule has 0 unspecified atom stereocenters. The molecule has 1 aromatic rings. The van der Waals surface area contributed by atoms with Crippen LogP contribution in [0.25, 0.3) is 0 Å². The topological polar surface area (TPSA) is 9.23 Å². The summed E-state index contributed by atoms with van der Waals surface area (Å²) in [6.07, 6.45) is 7.49. The summed E-state index contributed by atoms with van der Waals surface area (Å²) in [5, 5.41) is 1.17. The molecule has 0 saturated heterocycles. The van der Waals surface area contributed by atoms with Gasteiger partial charge in [-0.05, 0) is 18.6 Å². The van der Waals surface area contributed by atoms with Crippen molar-refractivity contribution in [3.8, 4) is 5.75 Å². The lowest BCUT2D eigenvalue weighted by atomic mass is 10.1. The minimum Gasteiger partial charge on any atom is -0.490 e. The van der Waals surface area contributed by atoms with Crippen molar-refractivity contribution in [3.05, 3.63) is 28.2 Å². The lowest BCUT2D eigenvalue weighted by molar-refractivity contribution is 0.304. The molecule has 1 nitrogen and oxygen atoms in total. The first-order valence-electron chi connectivity index (χ1n) is 6.32. The maximum atomic E-state index is 6.00. The van der Waals surface area contributed by atoms with E-state index in [-0.39, 0.29) is 0 Å². The lowest BCUT2D eigenvalue weighted by Gasteiger charge is -2.09. The van der Waals surface area contributed by atoms with Gasteiger partial charge in [0.1, 0.15) is 0 Å². The van der Waals surface area contributed by atoms with Crippen LogP contribution in [0.15, 0.2) is 18.2 Å². The smallest absolute Gasteiger partial charge is 0.156 e. The fraction of sp³-hybridized carbons (Fsp3) is 0.571. The minimum atomic E-state index is 0.587. The minimum absolute atomic E-state index is 0.587. The number of para-hydroxylation sites is 1. The summed E-state index contributed by atoms with van der Waals surface area (Å²) < 4.78 is 5.61. The number of ether oxygens (including phenoxy) is 1. The van der Waals surface area contributed by atoms with Crippen LogP contribution in [-0.2, 0) is 0 Å². The van der Waals surface area contributed by atoms with Gasteiger partial charge >= 0.3 is 0 Å². The van der Waals surface area contributed by atoms with Crippen molar-refractivity contribution in [3.63, 3.8) is 0 Å². The molecule has 0 atom stereocenters. The number of rotatable bonds is 8. The third-order valence-electron chi connectivity index (χ3n) is 2.66. The quantitative estimate of drug-likeness (QED) is 0.550. The fourth-order valence-electron chi connectivity index (χ4n) is 1.68. The van der Waals surface area contributed by atoms with E-state index in [1.165, 1.54) is 32.1 Å². The summed E-state index contributed by atoms with van der Waals surface area (Å²) in [6.45, 7) is 2.91. The standard InChI is InChI=1S/C14H20Cl2O/c1-2-3-4-5-6-7-11-17-14-12(15)9-8-10-13(14)16/h8-10H,2-7,11H2,1H3. The van der Waals surface area contributed by atoms with Crippen LogP contribution in [0, 0.1) is 0 Å². The van der Waals surface area contributed by atoms with Crippen LogP contribution < -0.4 is 4.74 Å². The average molecular weight is 275 g/mol. The normalized spacial score (nSPS) is 10.5. The van der Waals surface area contributed by atoms with E-state index in [4.69, 9.17) is 27.9 Å². The summed E-state index contributed by atoms with van der Waals surface area (Å²) >= 11 is 12.0. The van der Waals surface area contributed by atoms with Gasteiger partial charge in [0.05, 0.1) is 16.7 Å². The zero-order valence-electron chi connectivity index (χ0n) is 10.3. The van der Waals surface area contributed by atoms with Gasteiger partial charge in [-0.15, -0.1) is 0 Å². The number of hydrogen-bond donors (Lipinski definition) is 0. The van der Waals surface area contributed by atoms with Crippen LogP contribution in [0.5, 0.6) is 5.75 Å². The van der Waals surface area contributed by atoms with Crippen LogP contribution in [0.3, 0.4) is 0 Å². The molecule has 3 heteroatoms. The Balaban J connectivity index is 2.18. The highest BCUT2D eigenvalue weighted by Crippen LogP contribution is 2.32. The zero-order chi connectivity index (χ0) is 12.5. The maximum absolute atomic E-state index is 6.00. The number of halogens is 2. The molecule has 1 aromatic carbocycles. The van der Waals surface area contributed by atoms with Gasteiger partial charge in [-0.3, -0.25) is 0 Å². The fourth-order valence-corrected chi connectivity index (χ4v) is 2.18. The van der Waals surface area contributed by atoms with Crippen molar-refractivity contribution in [1.29, 1.82) is 0 Å². The highest BCUT2D eigenvalue weighted by atomic mass is 35.5. The molecular weight excluding hydrogens is 255 g/mol. The second-order valence-electron chi connectivity index (χ2n) is 4.17. The Kier molecular flexibility index (Phi) is 7.46. The monoisotopic (exact) mass is 274 g/mol. The maximum Gasteiger partial charge on any atom is 0.156 e. The third kappa shape index (κ3) is 5.65. The highest BCUT2D eigenvalue weighted by Gasteiger charge is 2.05. The first kappa shape index (κ1) is 14.7. The highest BCUT2D eigenvalue weighted by molar-refractivity contribution is 6.37. The van der Waals surface area contributed by atoms with Crippen LogP contribution in [0.4, 0.5) is 0 Å². The molecule has 0 spiro atoms. The lowest BCUT2D eigenvalue weighted by Crippen LogP contribution is -1.98. The van der Waals surface area contributed by atoms with E-state index in [1.807, 2.05) is 6.07 Å². The summed E-state index contributed by atoms with van der Waals surface area (Å²) in [5.41, 5.74) is 0. The van der Waals surface area contributed by atoms with Crippen molar-refractivity contribution in [2.24, 2.45) is 0 Å². The average Bonchev–Trinajstić information content (AvgIpc) is 2.31. The molecule has 0 heterocycles. The molecule has 0 N–H and O–H groups in total. The number of benzene rings is 1. The van der Waals surface area contributed by atoms with Gasteiger partial charge in [0, 0.05) is 0 Å². The molecule has 96 valence electrons. The van der Waals surface area contributed by atoms with Crippen LogP contribution in [0.2, 0.25) is 10.0 Å². The molecule has 0 aromatic heterocycles. The Bertz CT molecular complexity index is 306. The van der Waals surface area contributed by atoms with E-state index in [0.29, 0.717) is 22.4 Å². The van der Waals surface area contributed by atoms with E-state index in [1.54, 1.807) is 12.1 Å². The molecule has 0 bridgehead atoms. The van der Waals surface area contributed by atoms with Crippen molar-refractivity contribution in [2.75, 3.05) is 6.61 Å². The molecule has 0 aliphatic heterocycles. The molecule has 0 amide bonds. The molecule has 17 heavy (non-hydrogen) atoms. The van der Waals surface area contributed by atoms with E-state index in [0.717, 1.165) is 6.42 Å². The molecule has 0 saturated carbocycles. The van der Waals surface area contributed by atoms with E-state index in [2.05, 4.69) is 6.92 Å². The Labute approximate surface area is 114 Å². The second-order valence-corrected chi connectivity index (χ2v) is 4.98. The van der Waals surface area contributed by atoms with Crippen molar-refractivity contribution in [1.82, 2.24) is 0 Å². The van der Waals surface area contributed by atoms with Gasteiger partial charge in [0.15, 0.2) is 5.75 Å². The Morgan fingerprint density at radius 1 is 0.941 bits per heavy atom. The van der Waals surface area contributed by atoms with Gasteiger partial charge in [-0.2, -0.15) is 0 Å². The van der Waals surface area contributed by atoms with Crippen molar-refractivity contribution >= 4 is 23.2 Å². The van der Waals surface area contributed by atoms with Crippen LogP contribution in [-0.4, -0.2) is 6.61 Å². The van der Waals surface area contributed by atoms with E-state index in [9.17, 15) is 0 Å². The third-order valence-corrected chi connectivity index (χ3v) is 3.26. The Hall–Kier alpha value is -0.400. The second kappa shape index (κ2) is 8.66. The van der Waals surface area contributed by atoms with Crippen LogP contribution >= 0.6 is 23.2 Å². The summed E-state index contributed by atoms with van der Waals surface area (Å²) in [7, 11) is 0. The molecule has 0 fully saturated rings. The van der Waals surface area contributed by atoms with Gasteiger partial charge in [-0.1, -0.05) is 68.3 Å². The predicted molar refractivity (Wildman–Crippen MR) is 75.3 cm³/mol. The van der Waals surface area contributed by atoms with E-state index >= 15 is 0 Å². The predicted octanol–water partition coefficient (Wildman–Crippen LogP) is 5.73.